The summed E-state index contributed by atoms with van der Waals surface area (Å²) in [5, 5.41) is 3.00. The summed E-state index contributed by atoms with van der Waals surface area (Å²) in [6.07, 6.45) is 1.56. The highest BCUT2D eigenvalue weighted by Crippen LogP contribution is 2.34. The van der Waals surface area contributed by atoms with E-state index in [9.17, 15) is 9.18 Å². The standard InChI is InChI=1S/C15H20FNO2/c1-15(2,3)14(18)17-12-8-5-9-19-13-10(12)6-4-7-11(13)16/h4,6-7,12H,5,8-9H2,1-3H3,(H,17,18). The molecule has 1 aliphatic rings. The normalized spacial score (nSPS) is 19.1. The third-order valence-electron chi connectivity index (χ3n) is 3.24. The topological polar surface area (TPSA) is 38.3 Å². The molecule has 0 bridgehead atoms. The van der Waals surface area contributed by atoms with Gasteiger partial charge in [-0.25, -0.2) is 4.39 Å². The Morgan fingerprint density at radius 3 is 2.84 bits per heavy atom. The van der Waals surface area contributed by atoms with E-state index in [1.807, 2.05) is 26.8 Å². The number of halogens is 1. The monoisotopic (exact) mass is 265 g/mol. The van der Waals surface area contributed by atoms with E-state index in [2.05, 4.69) is 5.32 Å². The molecule has 0 aromatic heterocycles. The fraction of sp³-hybridized carbons (Fsp3) is 0.533. The number of ether oxygens (including phenoxy) is 1. The van der Waals surface area contributed by atoms with E-state index in [1.165, 1.54) is 6.07 Å². The molecule has 1 amide bonds. The molecule has 0 saturated heterocycles. The van der Waals surface area contributed by atoms with Gasteiger partial charge in [0, 0.05) is 11.0 Å². The van der Waals surface area contributed by atoms with Gasteiger partial charge in [0.25, 0.3) is 0 Å². The third kappa shape index (κ3) is 3.06. The van der Waals surface area contributed by atoms with Crippen LogP contribution in [0, 0.1) is 11.2 Å². The smallest absolute Gasteiger partial charge is 0.225 e. The lowest BCUT2D eigenvalue weighted by Gasteiger charge is -2.24. The van der Waals surface area contributed by atoms with Crippen LogP contribution in [0.4, 0.5) is 4.39 Å². The molecule has 4 heteroatoms. The average Bonchev–Trinajstić information content (AvgIpc) is 2.52. The van der Waals surface area contributed by atoms with E-state index < -0.39 is 5.41 Å². The summed E-state index contributed by atoms with van der Waals surface area (Å²) in [6, 6.07) is 4.67. The van der Waals surface area contributed by atoms with Gasteiger partial charge in [-0.3, -0.25) is 4.79 Å². The van der Waals surface area contributed by atoms with Crippen molar-refractivity contribution < 1.29 is 13.9 Å². The average molecular weight is 265 g/mol. The molecule has 1 atom stereocenters. The number of fused-ring (bicyclic) bond motifs is 1. The van der Waals surface area contributed by atoms with Crippen molar-refractivity contribution in [1.29, 1.82) is 0 Å². The van der Waals surface area contributed by atoms with Crippen molar-refractivity contribution in [3.8, 4) is 5.75 Å². The summed E-state index contributed by atoms with van der Waals surface area (Å²) in [5.74, 6) is -0.122. The number of benzene rings is 1. The summed E-state index contributed by atoms with van der Waals surface area (Å²) < 4.78 is 19.2. The van der Waals surface area contributed by atoms with E-state index in [-0.39, 0.29) is 23.5 Å². The van der Waals surface area contributed by atoms with Crippen LogP contribution in [0.1, 0.15) is 45.2 Å². The molecule has 0 saturated carbocycles. The van der Waals surface area contributed by atoms with Crippen LogP contribution in [0.15, 0.2) is 18.2 Å². The maximum atomic E-state index is 13.8. The Hall–Kier alpha value is -1.58. The molecule has 1 aromatic carbocycles. The van der Waals surface area contributed by atoms with Gasteiger partial charge in [0.05, 0.1) is 12.6 Å². The Labute approximate surface area is 113 Å². The highest BCUT2D eigenvalue weighted by molar-refractivity contribution is 5.81. The molecule has 2 rings (SSSR count). The Kier molecular flexibility index (Phi) is 3.78. The minimum atomic E-state index is -0.458. The lowest BCUT2D eigenvalue weighted by Crippen LogP contribution is -2.37. The van der Waals surface area contributed by atoms with Crippen LogP contribution >= 0.6 is 0 Å². The summed E-state index contributed by atoms with van der Waals surface area (Å²) in [5.41, 5.74) is 0.274. The van der Waals surface area contributed by atoms with Gasteiger partial charge in [0.2, 0.25) is 5.91 Å². The Bertz CT molecular complexity index is 480. The highest BCUT2D eigenvalue weighted by atomic mass is 19.1. The molecule has 19 heavy (non-hydrogen) atoms. The lowest BCUT2D eigenvalue weighted by molar-refractivity contribution is -0.129. The number of carbonyl (C=O) groups is 1. The summed E-state index contributed by atoms with van der Waals surface area (Å²) in [4.78, 5) is 12.1. The van der Waals surface area contributed by atoms with Gasteiger partial charge in [0.15, 0.2) is 11.6 Å². The quantitative estimate of drug-likeness (QED) is 0.846. The molecule has 1 N–H and O–H groups in total. The number of carbonyl (C=O) groups excluding carboxylic acids is 1. The van der Waals surface area contributed by atoms with Crippen molar-refractivity contribution in [3.63, 3.8) is 0 Å². The van der Waals surface area contributed by atoms with E-state index in [0.717, 1.165) is 18.4 Å². The second-order valence-corrected chi connectivity index (χ2v) is 5.92. The predicted molar refractivity (Wildman–Crippen MR) is 71.5 cm³/mol. The van der Waals surface area contributed by atoms with Crippen molar-refractivity contribution in [2.45, 2.75) is 39.7 Å². The van der Waals surface area contributed by atoms with Crippen molar-refractivity contribution in [2.75, 3.05) is 6.61 Å². The van der Waals surface area contributed by atoms with Crippen LogP contribution in [0.25, 0.3) is 0 Å². The first-order chi connectivity index (χ1) is 8.89. The molecule has 0 spiro atoms. The van der Waals surface area contributed by atoms with Crippen LogP contribution < -0.4 is 10.1 Å². The minimum absolute atomic E-state index is 0.0328. The van der Waals surface area contributed by atoms with Crippen LogP contribution in [-0.4, -0.2) is 12.5 Å². The minimum Gasteiger partial charge on any atom is -0.490 e. The Morgan fingerprint density at radius 1 is 1.42 bits per heavy atom. The molecule has 1 aromatic rings. The number of para-hydroxylation sites is 1. The van der Waals surface area contributed by atoms with Crippen molar-refractivity contribution in [3.05, 3.63) is 29.6 Å². The zero-order valence-corrected chi connectivity index (χ0v) is 11.6. The second-order valence-electron chi connectivity index (χ2n) is 5.92. The van der Waals surface area contributed by atoms with Crippen LogP contribution in [0.3, 0.4) is 0 Å². The van der Waals surface area contributed by atoms with Gasteiger partial charge < -0.3 is 10.1 Å². The molecule has 1 heterocycles. The number of hydrogen-bond acceptors (Lipinski definition) is 2. The lowest BCUT2D eigenvalue weighted by atomic mass is 9.93. The first-order valence-electron chi connectivity index (χ1n) is 6.62. The third-order valence-corrected chi connectivity index (χ3v) is 3.24. The van der Waals surface area contributed by atoms with Gasteiger partial charge in [-0.15, -0.1) is 0 Å². The summed E-state index contributed by atoms with van der Waals surface area (Å²) in [6.45, 7) is 6.07. The van der Waals surface area contributed by atoms with Gasteiger partial charge in [-0.1, -0.05) is 32.9 Å². The van der Waals surface area contributed by atoms with Gasteiger partial charge in [-0.2, -0.15) is 0 Å². The zero-order chi connectivity index (χ0) is 14.0. The van der Waals surface area contributed by atoms with Gasteiger partial charge in [-0.05, 0) is 18.9 Å². The molecule has 1 aliphatic heterocycles. The number of nitrogens with one attached hydrogen (secondary N) is 1. The van der Waals surface area contributed by atoms with Crippen LogP contribution in [-0.2, 0) is 4.79 Å². The molecule has 3 nitrogen and oxygen atoms in total. The fourth-order valence-corrected chi connectivity index (χ4v) is 2.09. The fourth-order valence-electron chi connectivity index (χ4n) is 2.09. The van der Waals surface area contributed by atoms with E-state index in [4.69, 9.17) is 4.74 Å². The van der Waals surface area contributed by atoms with Gasteiger partial charge in [0.1, 0.15) is 0 Å². The molecule has 0 aliphatic carbocycles. The van der Waals surface area contributed by atoms with Crippen LogP contribution in [0.5, 0.6) is 5.75 Å². The van der Waals surface area contributed by atoms with Crippen molar-refractivity contribution in [1.82, 2.24) is 5.32 Å². The molecule has 0 radical (unpaired) electrons. The first-order valence-corrected chi connectivity index (χ1v) is 6.62. The van der Waals surface area contributed by atoms with Crippen molar-refractivity contribution in [2.24, 2.45) is 5.41 Å². The largest absolute Gasteiger partial charge is 0.490 e. The molecule has 0 fully saturated rings. The molecular weight excluding hydrogens is 245 g/mol. The highest BCUT2D eigenvalue weighted by Gasteiger charge is 2.28. The maximum Gasteiger partial charge on any atom is 0.225 e. The molecule has 1 unspecified atom stereocenters. The maximum absolute atomic E-state index is 13.8. The zero-order valence-electron chi connectivity index (χ0n) is 11.6. The SMILES string of the molecule is CC(C)(C)C(=O)NC1CCCOc2c(F)cccc21. The summed E-state index contributed by atoms with van der Waals surface area (Å²) in [7, 11) is 0. The number of hydrogen-bond donors (Lipinski definition) is 1. The number of rotatable bonds is 1. The summed E-state index contributed by atoms with van der Waals surface area (Å²) >= 11 is 0. The number of amides is 1. The van der Waals surface area contributed by atoms with E-state index in [0.29, 0.717) is 6.61 Å². The first kappa shape index (κ1) is 13.8. The Morgan fingerprint density at radius 2 is 2.16 bits per heavy atom. The predicted octanol–water partition coefficient (Wildman–Crippen LogP) is 3.20. The van der Waals surface area contributed by atoms with Gasteiger partial charge >= 0.3 is 0 Å². The van der Waals surface area contributed by atoms with Crippen molar-refractivity contribution >= 4 is 5.91 Å². The molecule has 104 valence electrons. The molecular formula is C15H20FNO2. The van der Waals surface area contributed by atoms with E-state index >= 15 is 0 Å². The second kappa shape index (κ2) is 5.19. The Balaban J connectivity index is 2.28. The van der Waals surface area contributed by atoms with E-state index in [1.54, 1.807) is 6.07 Å². The van der Waals surface area contributed by atoms with Crippen LogP contribution in [0.2, 0.25) is 0 Å².